The van der Waals surface area contributed by atoms with Gasteiger partial charge in [-0.3, -0.25) is 4.79 Å². The van der Waals surface area contributed by atoms with Crippen molar-refractivity contribution in [2.75, 3.05) is 0 Å². The molecule has 0 aliphatic carbocycles. The average molecular weight is 481 g/mol. The normalized spacial score (nSPS) is 11.4. The zero-order chi connectivity index (χ0) is 25.2. The van der Waals surface area contributed by atoms with E-state index in [1.54, 1.807) is 6.21 Å². The molecule has 0 bridgehead atoms. The number of carbonyl (C=O) groups is 1. The van der Waals surface area contributed by atoms with Gasteiger partial charge in [0.15, 0.2) is 5.69 Å². The fraction of sp³-hybridized carbons (Fsp3) is 0.0312. The summed E-state index contributed by atoms with van der Waals surface area (Å²) in [6.45, 7) is 2.04. The molecule has 0 aliphatic rings. The van der Waals surface area contributed by atoms with Gasteiger partial charge in [-0.2, -0.15) is 10.2 Å². The lowest BCUT2D eigenvalue weighted by Gasteiger charge is -2.12. The number of nitrogens with one attached hydrogen (secondary N) is 1. The van der Waals surface area contributed by atoms with Crippen LogP contribution in [-0.2, 0) is 0 Å². The van der Waals surface area contributed by atoms with Crippen LogP contribution in [0, 0.1) is 6.92 Å². The third-order valence-electron chi connectivity index (χ3n) is 6.54. The summed E-state index contributed by atoms with van der Waals surface area (Å²) >= 11 is 0. The molecule has 37 heavy (non-hydrogen) atoms. The Morgan fingerprint density at radius 1 is 0.784 bits per heavy atom. The van der Waals surface area contributed by atoms with Crippen molar-refractivity contribution < 1.29 is 4.79 Å². The maximum Gasteiger partial charge on any atom is 0.291 e. The molecule has 178 valence electrons. The summed E-state index contributed by atoms with van der Waals surface area (Å²) in [7, 11) is 0. The summed E-state index contributed by atoms with van der Waals surface area (Å²) in [5.74, 6) is -0.370. The Morgan fingerprint density at radius 3 is 2.24 bits per heavy atom. The Balaban J connectivity index is 1.39. The number of carbonyl (C=O) groups excluding carboxylic acids is 1. The van der Waals surface area contributed by atoms with E-state index in [9.17, 15) is 4.79 Å². The van der Waals surface area contributed by atoms with E-state index in [0.29, 0.717) is 5.69 Å². The number of aryl methyl sites for hydroxylation is 1. The number of amides is 1. The minimum absolute atomic E-state index is 0.293. The van der Waals surface area contributed by atoms with E-state index in [-0.39, 0.29) is 5.91 Å². The zero-order valence-corrected chi connectivity index (χ0v) is 20.3. The molecule has 1 heterocycles. The molecule has 6 rings (SSSR count). The van der Waals surface area contributed by atoms with E-state index in [2.05, 4.69) is 46.9 Å². The van der Waals surface area contributed by atoms with Crippen molar-refractivity contribution in [3.05, 3.63) is 132 Å². The largest absolute Gasteiger partial charge is 0.291 e. The monoisotopic (exact) mass is 480 g/mol. The summed E-state index contributed by atoms with van der Waals surface area (Å²) < 4.78 is 1.85. The van der Waals surface area contributed by atoms with Gasteiger partial charge in [-0.1, -0.05) is 103 Å². The quantitative estimate of drug-likeness (QED) is 0.215. The van der Waals surface area contributed by atoms with Crippen molar-refractivity contribution in [2.45, 2.75) is 6.92 Å². The molecule has 0 unspecified atom stereocenters. The summed E-state index contributed by atoms with van der Waals surface area (Å²) in [4.78, 5) is 13.2. The van der Waals surface area contributed by atoms with Crippen molar-refractivity contribution in [1.29, 1.82) is 0 Å². The second-order valence-electron chi connectivity index (χ2n) is 8.91. The molecule has 0 radical (unpaired) electrons. The average Bonchev–Trinajstić information content (AvgIpc) is 3.38. The zero-order valence-electron chi connectivity index (χ0n) is 20.3. The van der Waals surface area contributed by atoms with Crippen molar-refractivity contribution in [1.82, 2.24) is 15.2 Å². The van der Waals surface area contributed by atoms with Gasteiger partial charge >= 0.3 is 0 Å². The third-order valence-corrected chi connectivity index (χ3v) is 6.54. The van der Waals surface area contributed by atoms with Gasteiger partial charge in [0, 0.05) is 11.1 Å². The summed E-state index contributed by atoms with van der Waals surface area (Å²) in [5, 5.41) is 13.4. The molecule has 0 saturated carbocycles. The minimum Gasteiger partial charge on any atom is -0.265 e. The molecule has 0 fully saturated rings. The second kappa shape index (κ2) is 9.55. The topological polar surface area (TPSA) is 59.3 Å². The van der Waals surface area contributed by atoms with E-state index in [1.807, 2.05) is 90.5 Å². The maximum atomic E-state index is 13.2. The molecule has 1 aromatic heterocycles. The highest BCUT2D eigenvalue weighted by atomic mass is 16.2. The standard InChI is InChI=1S/C32H24N4O/c1-22-10-2-7-19-30(22)36-31(28-18-9-14-24-12-4-6-17-27(24)28)20-29(35-36)32(37)34-33-21-25-15-8-13-23-11-3-5-16-26(23)25/h2-21H,1H3,(H,34,37)/b33-21-. The number of rotatable bonds is 5. The fourth-order valence-electron chi connectivity index (χ4n) is 4.70. The molecule has 5 heteroatoms. The van der Waals surface area contributed by atoms with Gasteiger partial charge in [-0.15, -0.1) is 0 Å². The summed E-state index contributed by atoms with van der Waals surface area (Å²) in [6, 6.07) is 38.4. The Bertz CT molecular complexity index is 1790. The van der Waals surface area contributed by atoms with Crippen LogP contribution in [-0.4, -0.2) is 21.9 Å². The maximum absolute atomic E-state index is 13.2. The van der Waals surface area contributed by atoms with Crippen LogP contribution in [0.25, 0.3) is 38.5 Å². The fourth-order valence-corrected chi connectivity index (χ4v) is 4.70. The Kier molecular flexibility index (Phi) is 5.79. The predicted octanol–water partition coefficient (Wildman–Crippen LogP) is 6.92. The van der Waals surface area contributed by atoms with Gasteiger partial charge in [-0.25, -0.2) is 10.1 Å². The summed E-state index contributed by atoms with van der Waals surface area (Å²) in [6.07, 6.45) is 1.67. The highest BCUT2D eigenvalue weighted by molar-refractivity contribution is 6.01. The SMILES string of the molecule is Cc1ccccc1-n1nc(C(=O)N/N=C\c2cccc3ccccc23)cc1-c1cccc2ccccc12. The van der Waals surface area contributed by atoms with E-state index in [1.165, 1.54) is 0 Å². The first-order valence-electron chi connectivity index (χ1n) is 12.1. The number of hydrogen-bond acceptors (Lipinski definition) is 3. The van der Waals surface area contributed by atoms with Crippen LogP contribution in [0.5, 0.6) is 0 Å². The first kappa shape index (κ1) is 22.4. The number of hydrogen-bond donors (Lipinski definition) is 1. The minimum atomic E-state index is -0.370. The van der Waals surface area contributed by atoms with Crippen molar-refractivity contribution in [3.63, 3.8) is 0 Å². The van der Waals surface area contributed by atoms with Gasteiger partial charge in [0.1, 0.15) is 0 Å². The highest BCUT2D eigenvalue weighted by Gasteiger charge is 2.19. The Labute approximate surface area is 214 Å². The molecule has 5 nitrogen and oxygen atoms in total. The first-order chi connectivity index (χ1) is 18.2. The lowest BCUT2D eigenvalue weighted by molar-refractivity contribution is 0.0949. The molecule has 6 aromatic rings. The number of aromatic nitrogens is 2. The molecular weight excluding hydrogens is 456 g/mol. The molecule has 0 aliphatic heterocycles. The van der Waals surface area contributed by atoms with Crippen LogP contribution in [0.2, 0.25) is 0 Å². The van der Waals surface area contributed by atoms with Gasteiger partial charge in [0.25, 0.3) is 5.91 Å². The predicted molar refractivity (Wildman–Crippen MR) is 150 cm³/mol. The lowest BCUT2D eigenvalue weighted by atomic mass is 10.0. The lowest BCUT2D eigenvalue weighted by Crippen LogP contribution is -2.18. The molecule has 0 saturated heterocycles. The van der Waals surface area contributed by atoms with Crippen LogP contribution in [0.15, 0.2) is 120 Å². The molecule has 1 amide bonds. The van der Waals surface area contributed by atoms with Crippen molar-refractivity contribution in [3.8, 4) is 16.9 Å². The Morgan fingerprint density at radius 2 is 1.43 bits per heavy atom. The van der Waals surface area contributed by atoms with E-state index in [0.717, 1.165) is 49.6 Å². The molecule has 1 N–H and O–H groups in total. The van der Waals surface area contributed by atoms with Gasteiger partial charge in [0.05, 0.1) is 17.6 Å². The van der Waals surface area contributed by atoms with E-state index >= 15 is 0 Å². The van der Waals surface area contributed by atoms with Crippen molar-refractivity contribution in [2.24, 2.45) is 5.10 Å². The van der Waals surface area contributed by atoms with Crippen LogP contribution < -0.4 is 5.43 Å². The van der Waals surface area contributed by atoms with E-state index in [4.69, 9.17) is 5.10 Å². The van der Waals surface area contributed by atoms with Crippen LogP contribution >= 0.6 is 0 Å². The first-order valence-corrected chi connectivity index (χ1v) is 12.1. The molecule has 0 atom stereocenters. The number of fused-ring (bicyclic) bond motifs is 2. The van der Waals surface area contributed by atoms with E-state index < -0.39 is 0 Å². The van der Waals surface area contributed by atoms with Crippen molar-refractivity contribution >= 4 is 33.7 Å². The smallest absolute Gasteiger partial charge is 0.265 e. The van der Waals surface area contributed by atoms with Crippen LogP contribution in [0.1, 0.15) is 21.6 Å². The Hall–Kier alpha value is -5.03. The van der Waals surface area contributed by atoms with Gasteiger partial charge < -0.3 is 0 Å². The number of hydrazone groups is 1. The van der Waals surface area contributed by atoms with Crippen LogP contribution in [0.3, 0.4) is 0 Å². The second-order valence-corrected chi connectivity index (χ2v) is 8.91. The number of para-hydroxylation sites is 1. The molecule has 0 spiro atoms. The molecule has 5 aromatic carbocycles. The van der Waals surface area contributed by atoms with Gasteiger partial charge in [-0.05, 0) is 46.2 Å². The third kappa shape index (κ3) is 4.28. The van der Waals surface area contributed by atoms with Crippen LogP contribution in [0.4, 0.5) is 0 Å². The highest BCUT2D eigenvalue weighted by Crippen LogP contribution is 2.31. The number of benzene rings is 5. The summed E-state index contributed by atoms with van der Waals surface area (Å²) in [5.41, 5.74) is 7.72. The number of nitrogens with zero attached hydrogens (tertiary/aromatic N) is 3. The van der Waals surface area contributed by atoms with Gasteiger partial charge in [0.2, 0.25) is 0 Å². The molecular formula is C32H24N4O.